The van der Waals surface area contributed by atoms with Crippen molar-refractivity contribution in [3.63, 3.8) is 0 Å². The molecular formula is C18H20N2O. The Bertz CT molecular complexity index is 666. The summed E-state index contributed by atoms with van der Waals surface area (Å²) in [7, 11) is 0. The third-order valence-corrected chi connectivity index (χ3v) is 5.02. The number of amides is 1. The van der Waals surface area contributed by atoms with Gasteiger partial charge in [-0.05, 0) is 49.1 Å². The van der Waals surface area contributed by atoms with Gasteiger partial charge in [-0.3, -0.25) is 9.78 Å². The van der Waals surface area contributed by atoms with Gasteiger partial charge in [0.2, 0.25) is 5.91 Å². The molecule has 1 aromatic heterocycles. The Morgan fingerprint density at radius 3 is 2.81 bits per heavy atom. The number of benzene rings is 1. The molecule has 2 aliphatic rings. The Kier molecular flexibility index (Phi) is 3.13. The lowest BCUT2D eigenvalue weighted by Crippen LogP contribution is -2.31. The van der Waals surface area contributed by atoms with E-state index in [0.29, 0.717) is 6.54 Å². The predicted octanol–water partition coefficient (Wildman–Crippen LogP) is 2.94. The third-order valence-electron chi connectivity index (χ3n) is 5.02. The predicted molar refractivity (Wildman–Crippen MR) is 82.8 cm³/mol. The summed E-state index contributed by atoms with van der Waals surface area (Å²) in [6.45, 7) is 0.709. The van der Waals surface area contributed by atoms with Crippen LogP contribution in [-0.4, -0.2) is 17.4 Å². The number of rotatable bonds is 4. The lowest BCUT2D eigenvalue weighted by molar-refractivity contribution is -0.125. The molecule has 3 heteroatoms. The molecule has 1 N–H and O–H groups in total. The summed E-state index contributed by atoms with van der Waals surface area (Å²) in [4.78, 5) is 16.6. The monoisotopic (exact) mass is 280 g/mol. The molecule has 2 aromatic rings. The van der Waals surface area contributed by atoms with Crippen molar-refractivity contribution in [2.75, 3.05) is 6.54 Å². The van der Waals surface area contributed by atoms with Crippen molar-refractivity contribution in [3.8, 4) is 0 Å². The quantitative estimate of drug-likeness (QED) is 0.935. The van der Waals surface area contributed by atoms with E-state index in [2.05, 4.69) is 34.6 Å². The second-order valence-electron chi connectivity index (χ2n) is 6.46. The second kappa shape index (κ2) is 5.14. The fourth-order valence-corrected chi connectivity index (χ4v) is 3.76. The Balaban J connectivity index is 1.36. The zero-order valence-electron chi connectivity index (χ0n) is 12.1. The highest BCUT2D eigenvalue weighted by atomic mass is 16.1. The standard InChI is InChI=1S/C18H20N2O/c21-18(16-10-14-9-15(14)11-16)20-8-6-13-4-1-3-12-5-2-7-19-17(12)13/h1-5,7,14-16H,6,8-11H2,(H,20,21). The minimum absolute atomic E-state index is 0.260. The van der Waals surface area contributed by atoms with Gasteiger partial charge in [0.05, 0.1) is 5.52 Å². The molecule has 2 aliphatic carbocycles. The van der Waals surface area contributed by atoms with Gasteiger partial charge in [0.25, 0.3) is 0 Å². The van der Waals surface area contributed by atoms with E-state index in [1.165, 1.54) is 12.0 Å². The normalized spacial score (nSPS) is 26.6. The highest BCUT2D eigenvalue weighted by Crippen LogP contribution is 2.54. The minimum Gasteiger partial charge on any atom is -0.356 e. The van der Waals surface area contributed by atoms with E-state index in [4.69, 9.17) is 0 Å². The van der Waals surface area contributed by atoms with Crippen molar-refractivity contribution in [2.24, 2.45) is 17.8 Å². The maximum Gasteiger partial charge on any atom is 0.223 e. The number of para-hydroxylation sites is 1. The van der Waals surface area contributed by atoms with E-state index in [1.807, 2.05) is 12.3 Å². The highest BCUT2D eigenvalue weighted by molar-refractivity contribution is 5.82. The van der Waals surface area contributed by atoms with Crippen LogP contribution in [0.15, 0.2) is 36.5 Å². The van der Waals surface area contributed by atoms with Crippen molar-refractivity contribution in [3.05, 3.63) is 42.1 Å². The first-order valence-electron chi connectivity index (χ1n) is 7.91. The Hall–Kier alpha value is -1.90. The van der Waals surface area contributed by atoms with Gasteiger partial charge >= 0.3 is 0 Å². The van der Waals surface area contributed by atoms with Crippen LogP contribution in [0.3, 0.4) is 0 Å². The maximum atomic E-state index is 12.1. The number of pyridine rings is 1. The zero-order chi connectivity index (χ0) is 14.2. The van der Waals surface area contributed by atoms with Crippen LogP contribution >= 0.6 is 0 Å². The fourth-order valence-electron chi connectivity index (χ4n) is 3.76. The van der Waals surface area contributed by atoms with E-state index >= 15 is 0 Å². The van der Waals surface area contributed by atoms with Gasteiger partial charge < -0.3 is 5.32 Å². The first-order valence-corrected chi connectivity index (χ1v) is 7.91. The molecular weight excluding hydrogens is 260 g/mol. The van der Waals surface area contributed by atoms with Crippen molar-refractivity contribution in [2.45, 2.75) is 25.7 Å². The van der Waals surface area contributed by atoms with Crippen molar-refractivity contribution in [1.29, 1.82) is 0 Å². The number of fused-ring (bicyclic) bond motifs is 2. The van der Waals surface area contributed by atoms with Gasteiger partial charge in [-0.25, -0.2) is 0 Å². The number of nitrogens with zero attached hydrogens (tertiary/aromatic N) is 1. The highest BCUT2D eigenvalue weighted by Gasteiger charge is 2.47. The number of hydrogen-bond donors (Lipinski definition) is 1. The zero-order valence-corrected chi connectivity index (χ0v) is 12.1. The Labute approximate surface area is 124 Å². The van der Waals surface area contributed by atoms with E-state index < -0.39 is 0 Å². The molecule has 0 spiro atoms. The molecule has 4 rings (SSSR count). The molecule has 2 saturated carbocycles. The van der Waals surface area contributed by atoms with Crippen LogP contribution in [0.5, 0.6) is 0 Å². The summed E-state index contributed by atoms with van der Waals surface area (Å²) in [6.07, 6.45) is 6.28. The van der Waals surface area contributed by atoms with Gasteiger partial charge in [-0.1, -0.05) is 24.3 Å². The number of hydrogen-bond acceptors (Lipinski definition) is 2. The van der Waals surface area contributed by atoms with Crippen LogP contribution in [0, 0.1) is 17.8 Å². The average Bonchev–Trinajstić information content (AvgIpc) is 3.13. The van der Waals surface area contributed by atoms with Crippen molar-refractivity contribution in [1.82, 2.24) is 10.3 Å². The van der Waals surface area contributed by atoms with Crippen LogP contribution in [0.1, 0.15) is 24.8 Å². The number of carbonyl (C=O) groups is 1. The Morgan fingerprint density at radius 2 is 1.95 bits per heavy atom. The van der Waals surface area contributed by atoms with E-state index in [-0.39, 0.29) is 11.8 Å². The first kappa shape index (κ1) is 12.8. The maximum absolute atomic E-state index is 12.1. The van der Waals surface area contributed by atoms with E-state index in [9.17, 15) is 4.79 Å². The number of nitrogens with one attached hydrogen (secondary N) is 1. The molecule has 108 valence electrons. The van der Waals surface area contributed by atoms with Gasteiger partial charge in [0, 0.05) is 24.0 Å². The van der Waals surface area contributed by atoms with Crippen LogP contribution in [0.25, 0.3) is 10.9 Å². The average molecular weight is 280 g/mol. The smallest absolute Gasteiger partial charge is 0.223 e. The van der Waals surface area contributed by atoms with Gasteiger partial charge in [-0.2, -0.15) is 0 Å². The molecule has 0 saturated heterocycles. The van der Waals surface area contributed by atoms with Gasteiger partial charge in [0.1, 0.15) is 0 Å². The largest absolute Gasteiger partial charge is 0.356 e. The number of aromatic nitrogens is 1. The summed E-state index contributed by atoms with van der Waals surface area (Å²) in [5, 5.41) is 4.28. The van der Waals surface area contributed by atoms with Crippen LogP contribution < -0.4 is 5.32 Å². The minimum atomic E-state index is 0.260. The molecule has 3 nitrogen and oxygen atoms in total. The van der Waals surface area contributed by atoms with E-state index in [0.717, 1.165) is 42.0 Å². The van der Waals surface area contributed by atoms with Gasteiger partial charge in [-0.15, -0.1) is 0 Å². The molecule has 1 heterocycles. The summed E-state index contributed by atoms with van der Waals surface area (Å²) < 4.78 is 0. The molecule has 2 atom stereocenters. The topological polar surface area (TPSA) is 42.0 Å². The molecule has 2 unspecified atom stereocenters. The fraction of sp³-hybridized carbons (Fsp3) is 0.444. The lowest BCUT2D eigenvalue weighted by atomic mass is 10.0. The molecule has 2 fully saturated rings. The summed E-state index contributed by atoms with van der Waals surface area (Å²) >= 11 is 0. The number of carbonyl (C=O) groups excluding carboxylic acids is 1. The third kappa shape index (κ3) is 2.53. The summed E-state index contributed by atoms with van der Waals surface area (Å²) in [5.41, 5.74) is 2.26. The van der Waals surface area contributed by atoms with Crippen LogP contribution in [0.4, 0.5) is 0 Å². The first-order chi connectivity index (χ1) is 10.3. The van der Waals surface area contributed by atoms with Crippen LogP contribution in [0.2, 0.25) is 0 Å². The second-order valence-corrected chi connectivity index (χ2v) is 6.46. The SMILES string of the molecule is O=C(NCCc1cccc2cccnc12)C1CC2CC2C1. The van der Waals surface area contributed by atoms with Gasteiger partial charge in [0.15, 0.2) is 0 Å². The van der Waals surface area contributed by atoms with Crippen molar-refractivity contribution < 1.29 is 4.79 Å². The van der Waals surface area contributed by atoms with Crippen LogP contribution in [-0.2, 0) is 11.2 Å². The molecule has 0 aliphatic heterocycles. The lowest BCUT2D eigenvalue weighted by Gasteiger charge is -2.12. The summed E-state index contributed by atoms with van der Waals surface area (Å²) in [5.74, 6) is 2.26. The van der Waals surface area contributed by atoms with Crippen molar-refractivity contribution >= 4 is 16.8 Å². The molecule has 0 radical (unpaired) electrons. The Morgan fingerprint density at radius 1 is 1.14 bits per heavy atom. The molecule has 21 heavy (non-hydrogen) atoms. The van der Waals surface area contributed by atoms with E-state index in [1.54, 1.807) is 0 Å². The molecule has 0 bridgehead atoms. The summed E-state index contributed by atoms with van der Waals surface area (Å²) in [6, 6.07) is 10.3. The molecule has 1 amide bonds. The molecule has 1 aromatic carbocycles.